The van der Waals surface area contributed by atoms with Crippen LogP contribution in [-0.2, 0) is 0 Å². The quantitative estimate of drug-likeness (QED) is 0.818. The van der Waals surface area contributed by atoms with Crippen molar-refractivity contribution in [3.63, 3.8) is 0 Å². The third-order valence-corrected chi connectivity index (χ3v) is 2.73. The highest BCUT2D eigenvalue weighted by atomic mass is 35.5. The molecule has 0 unspecified atom stereocenters. The molecule has 19 heavy (non-hydrogen) atoms. The lowest BCUT2D eigenvalue weighted by Crippen LogP contribution is -1.95. The van der Waals surface area contributed by atoms with Crippen molar-refractivity contribution in [1.29, 1.82) is 0 Å². The molecule has 2 aromatic carbocycles. The van der Waals surface area contributed by atoms with Crippen molar-refractivity contribution in [2.24, 2.45) is 0 Å². The molecule has 0 heterocycles. The summed E-state index contributed by atoms with van der Waals surface area (Å²) in [6, 6.07) is 12.6. The molecule has 2 aromatic rings. The molecule has 0 spiro atoms. The van der Waals surface area contributed by atoms with E-state index < -0.39 is 0 Å². The highest BCUT2D eigenvalue weighted by Gasteiger charge is 2.03. The Labute approximate surface area is 117 Å². The minimum Gasteiger partial charge on any atom is -0.494 e. The van der Waals surface area contributed by atoms with Crippen molar-refractivity contribution in [1.82, 2.24) is 0 Å². The van der Waals surface area contributed by atoms with E-state index in [1.807, 2.05) is 24.3 Å². The van der Waals surface area contributed by atoms with Gasteiger partial charge in [0.05, 0.1) is 12.3 Å². The van der Waals surface area contributed by atoms with E-state index in [0.717, 1.165) is 12.2 Å². The molecule has 2 rings (SSSR count). The summed E-state index contributed by atoms with van der Waals surface area (Å²) < 4.78 is 11.2. The van der Waals surface area contributed by atoms with Gasteiger partial charge in [0.25, 0.3) is 0 Å². The predicted octanol–water partition coefficient (Wildman–Crippen LogP) is 4.50. The van der Waals surface area contributed by atoms with Gasteiger partial charge in [-0.15, -0.1) is 0 Å². The number of hydrogen-bond acceptors (Lipinski definition) is 3. The molecule has 0 aromatic heterocycles. The van der Waals surface area contributed by atoms with Crippen LogP contribution in [0.15, 0.2) is 42.5 Å². The van der Waals surface area contributed by atoms with Crippen molar-refractivity contribution >= 4 is 17.3 Å². The van der Waals surface area contributed by atoms with Crippen molar-refractivity contribution in [3.8, 4) is 17.2 Å². The number of ether oxygens (including phenoxy) is 2. The third kappa shape index (κ3) is 3.80. The Hall–Kier alpha value is -1.87. The highest BCUT2D eigenvalue weighted by molar-refractivity contribution is 6.30. The Kier molecular flexibility index (Phi) is 4.53. The van der Waals surface area contributed by atoms with Gasteiger partial charge < -0.3 is 15.2 Å². The molecule has 0 atom stereocenters. The second-order valence-electron chi connectivity index (χ2n) is 4.10. The van der Waals surface area contributed by atoms with Crippen LogP contribution in [0.3, 0.4) is 0 Å². The minimum absolute atomic E-state index is 0.513. The highest BCUT2D eigenvalue weighted by Crippen LogP contribution is 2.30. The van der Waals surface area contributed by atoms with Crippen LogP contribution < -0.4 is 15.2 Å². The van der Waals surface area contributed by atoms with E-state index in [1.165, 1.54) is 0 Å². The van der Waals surface area contributed by atoms with E-state index in [1.54, 1.807) is 18.2 Å². The van der Waals surface area contributed by atoms with E-state index >= 15 is 0 Å². The summed E-state index contributed by atoms with van der Waals surface area (Å²) in [6.45, 7) is 2.78. The van der Waals surface area contributed by atoms with E-state index in [0.29, 0.717) is 28.8 Å². The Bertz CT molecular complexity index is 540. The van der Waals surface area contributed by atoms with E-state index in [9.17, 15) is 0 Å². The van der Waals surface area contributed by atoms with Crippen LogP contribution in [0.1, 0.15) is 13.3 Å². The largest absolute Gasteiger partial charge is 0.494 e. The Morgan fingerprint density at radius 3 is 2.37 bits per heavy atom. The second-order valence-corrected chi connectivity index (χ2v) is 4.54. The number of anilines is 1. The Morgan fingerprint density at radius 1 is 1.05 bits per heavy atom. The molecule has 0 saturated carbocycles. The third-order valence-electron chi connectivity index (χ3n) is 2.50. The summed E-state index contributed by atoms with van der Waals surface area (Å²) in [4.78, 5) is 0. The zero-order valence-electron chi connectivity index (χ0n) is 10.7. The van der Waals surface area contributed by atoms with Gasteiger partial charge >= 0.3 is 0 Å². The first-order valence-corrected chi connectivity index (χ1v) is 6.52. The maximum absolute atomic E-state index is 5.84. The van der Waals surface area contributed by atoms with Gasteiger partial charge in [0, 0.05) is 5.02 Å². The molecular weight excluding hydrogens is 262 g/mol. The molecule has 3 nitrogen and oxygen atoms in total. The molecule has 0 radical (unpaired) electrons. The Morgan fingerprint density at radius 2 is 1.74 bits per heavy atom. The van der Waals surface area contributed by atoms with Crippen molar-refractivity contribution in [3.05, 3.63) is 47.5 Å². The Balaban J connectivity index is 2.06. The van der Waals surface area contributed by atoms with Crippen LogP contribution in [0.5, 0.6) is 17.2 Å². The van der Waals surface area contributed by atoms with Gasteiger partial charge in [-0.1, -0.05) is 18.5 Å². The van der Waals surface area contributed by atoms with Crippen LogP contribution in [0.2, 0.25) is 5.02 Å². The summed E-state index contributed by atoms with van der Waals surface area (Å²) in [5.74, 6) is 2.13. The topological polar surface area (TPSA) is 44.5 Å². The van der Waals surface area contributed by atoms with Crippen LogP contribution in [0, 0.1) is 0 Å². The standard InChI is InChI=1S/C15H16ClNO2/c1-2-9-18-12-4-6-13(7-5-12)19-15-8-3-11(16)10-14(15)17/h3-8,10H,2,9,17H2,1H3. The molecule has 0 saturated heterocycles. The number of nitrogen functional groups attached to an aromatic ring is 1. The van der Waals surface area contributed by atoms with Gasteiger partial charge in [0.1, 0.15) is 17.2 Å². The lowest BCUT2D eigenvalue weighted by Gasteiger charge is -2.09. The molecule has 0 aliphatic rings. The van der Waals surface area contributed by atoms with Crippen molar-refractivity contribution in [2.45, 2.75) is 13.3 Å². The van der Waals surface area contributed by atoms with Crippen LogP contribution in [-0.4, -0.2) is 6.61 Å². The number of halogens is 1. The molecule has 0 fully saturated rings. The summed E-state index contributed by atoms with van der Waals surface area (Å²) in [5.41, 5.74) is 6.34. The fourth-order valence-electron chi connectivity index (χ4n) is 1.56. The summed E-state index contributed by atoms with van der Waals surface area (Å²) in [5, 5.41) is 0.591. The predicted molar refractivity (Wildman–Crippen MR) is 78.2 cm³/mol. The second kappa shape index (κ2) is 6.34. The average molecular weight is 278 g/mol. The average Bonchev–Trinajstić information content (AvgIpc) is 2.41. The number of nitrogens with two attached hydrogens (primary N) is 1. The first-order chi connectivity index (χ1) is 9.19. The number of hydrogen-bond donors (Lipinski definition) is 1. The van der Waals surface area contributed by atoms with E-state index in [-0.39, 0.29) is 0 Å². The monoisotopic (exact) mass is 277 g/mol. The minimum atomic E-state index is 0.513. The van der Waals surface area contributed by atoms with Gasteiger partial charge in [-0.3, -0.25) is 0 Å². The van der Waals surface area contributed by atoms with Crippen molar-refractivity contribution < 1.29 is 9.47 Å². The molecule has 0 aliphatic heterocycles. The first-order valence-electron chi connectivity index (χ1n) is 6.15. The van der Waals surface area contributed by atoms with Gasteiger partial charge in [-0.2, -0.15) is 0 Å². The zero-order chi connectivity index (χ0) is 13.7. The summed E-state index contributed by atoms with van der Waals surface area (Å²) in [7, 11) is 0. The normalized spacial score (nSPS) is 10.2. The van der Waals surface area contributed by atoms with Gasteiger partial charge in [0.15, 0.2) is 0 Å². The molecule has 100 valence electrons. The van der Waals surface area contributed by atoms with Crippen molar-refractivity contribution in [2.75, 3.05) is 12.3 Å². The fraction of sp³-hybridized carbons (Fsp3) is 0.200. The zero-order valence-corrected chi connectivity index (χ0v) is 11.5. The van der Waals surface area contributed by atoms with E-state index in [4.69, 9.17) is 26.8 Å². The number of rotatable bonds is 5. The van der Waals surface area contributed by atoms with Gasteiger partial charge in [-0.25, -0.2) is 0 Å². The maximum atomic E-state index is 5.84. The van der Waals surface area contributed by atoms with Crippen LogP contribution >= 0.6 is 11.6 Å². The maximum Gasteiger partial charge on any atom is 0.150 e. The molecule has 2 N–H and O–H groups in total. The smallest absolute Gasteiger partial charge is 0.150 e. The summed E-state index contributed by atoms with van der Waals surface area (Å²) in [6.07, 6.45) is 0.986. The molecular formula is C15H16ClNO2. The number of benzene rings is 2. The van der Waals surface area contributed by atoms with E-state index in [2.05, 4.69) is 6.92 Å². The lowest BCUT2D eigenvalue weighted by molar-refractivity contribution is 0.317. The lowest BCUT2D eigenvalue weighted by atomic mass is 10.3. The van der Waals surface area contributed by atoms with Crippen LogP contribution in [0.4, 0.5) is 5.69 Å². The van der Waals surface area contributed by atoms with Gasteiger partial charge in [0.2, 0.25) is 0 Å². The molecule has 0 bridgehead atoms. The molecule has 0 aliphatic carbocycles. The summed E-state index contributed by atoms with van der Waals surface area (Å²) >= 11 is 5.84. The van der Waals surface area contributed by atoms with Crippen LogP contribution in [0.25, 0.3) is 0 Å². The van der Waals surface area contributed by atoms with Gasteiger partial charge in [-0.05, 0) is 48.9 Å². The fourth-order valence-corrected chi connectivity index (χ4v) is 1.74. The molecule has 4 heteroatoms. The SMILES string of the molecule is CCCOc1ccc(Oc2ccc(Cl)cc2N)cc1. The molecule has 0 amide bonds. The first kappa shape index (κ1) is 13.6.